The van der Waals surface area contributed by atoms with Crippen LogP contribution in [0.3, 0.4) is 0 Å². The van der Waals surface area contributed by atoms with Crippen LogP contribution in [0.25, 0.3) is 17.1 Å². The quantitative estimate of drug-likeness (QED) is 0.662. The zero-order valence-corrected chi connectivity index (χ0v) is 17.1. The first kappa shape index (κ1) is 19.4. The number of nitrogens with zero attached hydrogens (tertiary/aromatic N) is 5. The highest BCUT2D eigenvalue weighted by Crippen LogP contribution is 2.33. The SMILES string of the molecule is O=C(/C=C/c1ccncc1)N1CCC2CN(C(=O)c3ccc4n[nH]nc4c3)C[C@H]2CC1. The smallest absolute Gasteiger partial charge is 0.253 e. The molecule has 0 spiro atoms. The van der Waals surface area contributed by atoms with Gasteiger partial charge in [0.25, 0.3) is 5.91 Å². The Kier molecular flexibility index (Phi) is 5.19. The Balaban J connectivity index is 1.19. The van der Waals surface area contributed by atoms with Crippen LogP contribution in [0.2, 0.25) is 0 Å². The van der Waals surface area contributed by atoms with Gasteiger partial charge in [0.1, 0.15) is 11.0 Å². The van der Waals surface area contributed by atoms with Crippen LogP contribution in [0, 0.1) is 11.8 Å². The Morgan fingerprint density at radius 1 is 0.935 bits per heavy atom. The molecule has 158 valence electrons. The second kappa shape index (κ2) is 8.29. The highest BCUT2D eigenvalue weighted by molar-refractivity contribution is 5.97. The van der Waals surface area contributed by atoms with E-state index in [1.807, 2.05) is 40.1 Å². The van der Waals surface area contributed by atoms with E-state index in [-0.39, 0.29) is 11.8 Å². The van der Waals surface area contributed by atoms with Gasteiger partial charge < -0.3 is 9.80 Å². The molecule has 2 atom stereocenters. The lowest BCUT2D eigenvalue weighted by atomic mass is 9.92. The number of likely N-dealkylation sites (tertiary alicyclic amines) is 2. The normalized spacial score (nSPS) is 21.4. The Labute approximate surface area is 179 Å². The highest BCUT2D eigenvalue weighted by Gasteiger charge is 2.37. The first-order valence-corrected chi connectivity index (χ1v) is 10.6. The van der Waals surface area contributed by atoms with E-state index in [9.17, 15) is 9.59 Å². The number of fused-ring (bicyclic) bond motifs is 2. The summed E-state index contributed by atoms with van der Waals surface area (Å²) in [7, 11) is 0. The maximum Gasteiger partial charge on any atom is 0.253 e. The molecule has 3 aromatic rings. The molecule has 0 bridgehead atoms. The van der Waals surface area contributed by atoms with Crippen molar-refractivity contribution in [3.8, 4) is 0 Å². The largest absolute Gasteiger partial charge is 0.339 e. The van der Waals surface area contributed by atoms with E-state index in [2.05, 4.69) is 20.4 Å². The number of aromatic amines is 1. The number of hydrogen-bond donors (Lipinski definition) is 1. The molecule has 31 heavy (non-hydrogen) atoms. The minimum Gasteiger partial charge on any atom is -0.339 e. The summed E-state index contributed by atoms with van der Waals surface area (Å²) in [6, 6.07) is 9.19. The molecule has 2 saturated heterocycles. The number of H-pyrrole nitrogens is 1. The Morgan fingerprint density at radius 3 is 2.39 bits per heavy atom. The summed E-state index contributed by atoms with van der Waals surface area (Å²) in [5.41, 5.74) is 3.07. The fourth-order valence-electron chi connectivity index (χ4n) is 4.64. The van der Waals surface area contributed by atoms with Gasteiger partial charge in [-0.15, -0.1) is 0 Å². The van der Waals surface area contributed by atoms with Gasteiger partial charge in [-0.1, -0.05) is 0 Å². The molecule has 2 aliphatic rings. The van der Waals surface area contributed by atoms with Crippen LogP contribution in [-0.2, 0) is 4.79 Å². The van der Waals surface area contributed by atoms with Crippen LogP contribution in [-0.4, -0.2) is 68.2 Å². The molecule has 8 heteroatoms. The molecule has 1 aromatic carbocycles. The van der Waals surface area contributed by atoms with Crippen LogP contribution in [0.5, 0.6) is 0 Å². The molecule has 8 nitrogen and oxygen atoms in total. The molecule has 0 aliphatic carbocycles. The molecule has 0 radical (unpaired) electrons. The fraction of sp³-hybridized carbons (Fsp3) is 0.348. The van der Waals surface area contributed by atoms with Gasteiger partial charge in [0.2, 0.25) is 5.91 Å². The average Bonchev–Trinajstić information content (AvgIpc) is 3.39. The third-order valence-electron chi connectivity index (χ3n) is 6.40. The predicted octanol–water partition coefficient (Wildman–Crippen LogP) is 2.38. The predicted molar refractivity (Wildman–Crippen MR) is 116 cm³/mol. The fourth-order valence-corrected chi connectivity index (χ4v) is 4.64. The van der Waals surface area contributed by atoms with Crippen molar-refractivity contribution in [1.29, 1.82) is 0 Å². The molecule has 4 heterocycles. The maximum atomic E-state index is 13.0. The van der Waals surface area contributed by atoms with Gasteiger partial charge in [0.05, 0.1) is 0 Å². The van der Waals surface area contributed by atoms with Gasteiger partial charge in [-0.05, 0) is 66.6 Å². The molecule has 1 N–H and O–H groups in total. The van der Waals surface area contributed by atoms with Crippen molar-refractivity contribution < 1.29 is 9.59 Å². The third-order valence-corrected chi connectivity index (χ3v) is 6.40. The lowest BCUT2D eigenvalue weighted by molar-refractivity contribution is -0.126. The highest BCUT2D eigenvalue weighted by atomic mass is 16.2. The van der Waals surface area contributed by atoms with Crippen molar-refractivity contribution in [2.24, 2.45) is 11.8 Å². The van der Waals surface area contributed by atoms with Crippen LogP contribution in [0.1, 0.15) is 28.8 Å². The van der Waals surface area contributed by atoms with Crippen molar-refractivity contribution in [1.82, 2.24) is 30.2 Å². The Morgan fingerprint density at radius 2 is 1.65 bits per heavy atom. The van der Waals surface area contributed by atoms with Gasteiger partial charge >= 0.3 is 0 Å². The maximum absolute atomic E-state index is 13.0. The number of aromatic nitrogens is 4. The Bertz CT molecular complexity index is 1110. The summed E-state index contributed by atoms with van der Waals surface area (Å²) >= 11 is 0. The van der Waals surface area contributed by atoms with Crippen molar-refractivity contribution in [2.75, 3.05) is 26.2 Å². The van der Waals surface area contributed by atoms with E-state index in [1.165, 1.54) is 0 Å². The number of benzene rings is 1. The van der Waals surface area contributed by atoms with Crippen LogP contribution >= 0.6 is 0 Å². The molecular formula is C23H24N6O2. The minimum atomic E-state index is 0.0469. The summed E-state index contributed by atoms with van der Waals surface area (Å²) in [5, 5.41) is 10.7. The van der Waals surface area contributed by atoms with E-state index in [0.29, 0.717) is 22.9 Å². The van der Waals surface area contributed by atoms with E-state index in [1.54, 1.807) is 24.5 Å². The zero-order valence-electron chi connectivity index (χ0n) is 17.1. The number of carbonyl (C=O) groups excluding carboxylic acids is 2. The molecule has 5 rings (SSSR count). The summed E-state index contributed by atoms with van der Waals surface area (Å²) in [4.78, 5) is 33.5. The monoisotopic (exact) mass is 416 g/mol. The molecule has 2 fully saturated rings. The van der Waals surface area contributed by atoms with E-state index >= 15 is 0 Å². The van der Waals surface area contributed by atoms with E-state index in [0.717, 1.165) is 50.1 Å². The van der Waals surface area contributed by atoms with Crippen LogP contribution in [0.4, 0.5) is 0 Å². The van der Waals surface area contributed by atoms with Crippen LogP contribution in [0.15, 0.2) is 48.8 Å². The molecule has 0 saturated carbocycles. The lowest BCUT2D eigenvalue weighted by Crippen LogP contribution is -2.33. The summed E-state index contributed by atoms with van der Waals surface area (Å²) in [5.74, 6) is 0.959. The topological polar surface area (TPSA) is 95.1 Å². The van der Waals surface area contributed by atoms with Crippen molar-refractivity contribution in [3.63, 3.8) is 0 Å². The summed E-state index contributed by atoms with van der Waals surface area (Å²) in [6.07, 6.45) is 8.76. The van der Waals surface area contributed by atoms with Gasteiger partial charge in [0.15, 0.2) is 0 Å². The number of carbonyl (C=O) groups is 2. The van der Waals surface area contributed by atoms with Crippen LogP contribution < -0.4 is 0 Å². The second-order valence-corrected chi connectivity index (χ2v) is 8.27. The zero-order chi connectivity index (χ0) is 21.2. The molecule has 2 aliphatic heterocycles. The van der Waals surface area contributed by atoms with Crippen molar-refractivity contribution in [2.45, 2.75) is 12.8 Å². The van der Waals surface area contributed by atoms with E-state index in [4.69, 9.17) is 0 Å². The lowest BCUT2D eigenvalue weighted by Gasteiger charge is -2.21. The number of hydrogen-bond acceptors (Lipinski definition) is 5. The number of pyridine rings is 1. The van der Waals surface area contributed by atoms with E-state index < -0.39 is 0 Å². The number of nitrogens with one attached hydrogen (secondary N) is 1. The third kappa shape index (κ3) is 4.05. The number of rotatable bonds is 3. The molecule has 2 aromatic heterocycles. The molecule has 2 amide bonds. The first-order valence-electron chi connectivity index (χ1n) is 10.6. The minimum absolute atomic E-state index is 0.0469. The first-order chi connectivity index (χ1) is 15.2. The standard InChI is InChI=1S/C23H24N6O2/c30-22(4-1-16-5-9-24-10-6-16)28-11-7-18-14-29(15-19(18)8-12-28)23(31)17-2-3-20-21(13-17)26-27-25-20/h1-6,9-10,13,18-19H,7-8,11-12,14-15H2,(H,25,26,27)/b4-1+/t18-,19?/m1/s1. The van der Waals surface area contributed by atoms with Crippen molar-refractivity contribution in [3.05, 3.63) is 59.9 Å². The summed E-state index contributed by atoms with van der Waals surface area (Å²) in [6.45, 7) is 2.95. The molecular weight excluding hydrogens is 392 g/mol. The van der Waals surface area contributed by atoms with Gasteiger partial charge in [-0.3, -0.25) is 14.6 Å². The van der Waals surface area contributed by atoms with Gasteiger partial charge in [-0.25, -0.2) is 0 Å². The second-order valence-electron chi connectivity index (χ2n) is 8.27. The van der Waals surface area contributed by atoms with Gasteiger partial charge in [0, 0.05) is 50.2 Å². The average molecular weight is 416 g/mol. The van der Waals surface area contributed by atoms with Gasteiger partial charge in [-0.2, -0.15) is 15.4 Å². The Hall–Kier alpha value is -3.55. The number of amides is 2. The van der Waals surface area contributed by atoms with Crippen molar-refractivity contribution >= 4 is 28.9 Å². The molecule has 1 unspecified atom stereocenters. The summed E-state index contributed by atoms with van der Waals surface area (Å²) < 4.78 is 0.